The molecule has 0 amide bonds. The van der Waals surface area contributed by atoms with Gasteiger partial charge in [0.05, 0.1) is 0 Å². The maximum Gasteiger partial charge on any atom is 0.219 e. The number of benzene rings is 1. The largest absolute Gasteiger partial charge is 0.319 e. The molecule has 14 heavy (non-hydrogen) atoms. The Labute approximate surface area is 92.9 Å². The van der Waals surface area contributed by atoms with Gasteiger partial charge in [-0.2, -0.15) is 0 Å². The van der Waals surface area contributed by atoms with Crippen LogP contribution < -0.4 is 0 Å². The minimum absolute atomic E-state index is 0.861. The van der Waals surface area contributed by atoms with Gasteiger partial charge in [0.25, 0.3) is 0 Å². The first kappa shape index (κ1) is 9.63. The molecule has 0 saturated heterocycles. The Morgan fingerprint density at radius 1 is 0.857 bits per heavy atom. The van der Waals surface area contributed by atoms with Gasteiger partial charge in [-0.05, 0) is 12.1 Å². The van der Waals surface area contributed by atoms with Crippen LogP contribution in [-0.2, 0) is 4.46 Å². The molecule has 0 aliphatic rings. The van der Waals surface area contributed by atoms with Crippen LogP contribution >= 0.6 is 23.2 Å². The van der Waals surface area contributed by atoms with Crippen molar-refractivity contribution in [2.75, 3.05) is 0 Å². The Hall–Kier alpha value is -0.920. The first-order chi connectivity index (χ1) is 6.71. The summed E-state index contributed by atoms with van der Waals surface area (Å²) in [5.41, 5.74) is 0.861. The predicted molar refractivity (Wildman–Crippen MR) is 59.7 cm³/mol. The first-order valence-corrected chi connectivity index (χ1v) is 5.03. The van der Waals surface area contributed by atoms with Crippen LogP contribution in [0.15, 0.2) is 54.9 Å². The molecule has 0 N–H and O–H groups in total. The Bertz CT molecular complexity index is 392. The highest BCUT2D eigenvalue weighted by Gasteiger charge is 2.27. The van der Waals surface area contributed by atoms with Gasteiger partial charge in [-0.25, -0.2) is 0 Å². The lowest BCUT2D eigenvalue weighted by Crippen LogP contribution is -2.19. The van der Waals surface area contributed by atoms with Gasteiger partial charge in [-0.15, -0.1) is 0 Å². The average molecular weight is 226 g/mol. The zero-order chi connectivity index (χ0) is 10.0. The second kappa shape index (κ2) is 3.68. The van der Waals surface area contributed by atoms with Crippen molar-refractivity contribution >= 4 is 23.2 Å². The Morgan fingerprint density at radius 2 is 1.43 bits per heavy atom. The smallest absolute Gasteiger partial charge is 0.219 e. The summed E-state index contributed by atoms with van der Waals surface area (Å²) in [7, 11) is 0. The van der Waals surface area contributed by atoms with Crippen LogP contribution in [0, 0.1) is 0 Å². The lowest BCUT2D eigenvalue weighted by molar-refractivity contribution is 0.701. The van der Waals surface area contributed by atoms with Crippen molar-refractivity contribution in [2.24, 2.45) is 0 Å². The molecule has 0 unspecified atom stereocenters. The van der Waals surface area contributed by atoms with E-state index in [4.69, 9.17) is 23.2 Å². The Balaban J connectivity index is 2.43. The minimum Gasteiger partial charge on any atom is -0.319 e. The fourth-order valence-corrected chi connectivity index (χ4v) is 1.79. The van der Waals surface area contributed by atoms with E-state index in [0.717, 1.165) is 5.56 Å². The third kappa shape index (κ3) is 1.66. The molecule has 0 saturated carbocycles. The molecular weight excluding hydrogens is 217 g/mol. The van der Waals surface area contributed by atoms with E-state index < -0.39 is 4.46 Å². The van der Waals surface area contributed by atoms with Crippen molar-refractivity contribution < 1.29 is 0 Å². The first-order valence-electron chi connectivity index (χ1n) is 4.28. The number of nitrogens with zero attached hydrogens (tertiary/aromatic N) is 1. The van der Waals surface area contributed by atoms with Crippen LogP contribution in [0.5, 0.6) is 0 Å². The minimum atomic E-state index is -1.02. The van der Waals surface area contributed by atoms with Crippen LogP contribution in [0.4, 0.5) is 0 Å². The van der Waals surface area contributed by atoms with Gasteiger partial charge < -0.3 is 4.57 Å². The summed E-state index contributed by atoms with van der Waals surface area (Å²) in [5, 5.41) is 0. The van der Waals surface area contributed by atoms with Crippen molar-refractivity contribution in [3.63, 3.8) is 0 Å². The summed E-state index contributed by atoms with van der Waals surface area (Å²) in [6.45, 7) is 0. The summed E-state index contributed by atoms with van der Waals surface area (Å²) in [6.07, 6.45) is 3.68. The van der Waals surface area contributed by atoms with E-state index in [1.165, 1.54) is 0 Å². The fraction of sp³-hybridized carbons (Fsp3) is 0.0909. The number of alkyl halides is 2. The van der Waals surface area contributed by atoms with E-state index >= 15 is 0 Å². The number of aromatic nitrogens is 1. The molecule has 1 aromatic heterocycles. The van der Waals surface area contributed by atoms with Crippen molar-refractivity contribution in [1.29, 1.82) is 0 Å². The molecule has 0 bridgehead atoms. The third-order valence-corrected chi connectivity index (χ3v) is 2.88. The zero-order valence-corrected chi connectivity index (χ0v) is 8.91. The maximum atomic E-state index is 6.26. The zero-order valence-electron chi connectivity index (χ0n) is 7.40. The molecule has 0 aliphatic carbocycles. The van der Waals surface area contributed by atoms with Gasteiger partial charge in [0, 0.05) is 18.0 Å². The Morgan fingerprint density at radius 3 is 2.00 bits per heavy atom. The highest BCUT2D eigenvalue weighted by atomic mass is 35.5. The van der Waals surface area contributed by atoms with Gasteiger partial charge in [0.2, 0.25) is 4.46 Å². The molecule has 1 heterocycles. The summed E-state index contributed by atoms with van der Waals surface area (Å²) in [4.78, 5) is 0. The molecule has 0 radical (unpaired) electrons. The summed E-state index contributed by atoms with van der Waals surface area (Å²) >= 11 is 12.5. The molecule has 2 aromatic rings. The van der Waals surface area contributed by atoms with Gasteiger partial charge in [0.15, 0.2) is 0 Å². The number of rotatable bonds is 2. The van der Waals surface area contributed by atoms with Crippen LogP contribution in [0.2, 0.25) is 0 Å². The van der Waals surface area contributed by atoms with E-state index in [9.17, 15) is 0 Å². The van der Waals surface area contributed by atoms with Crippen LogP contribution in [0.1, 0.15) is 5.56 Å². The molecule has 0 atom stereocenters. The van der Waals surface area contributed by atoms with E-state index in [1.54, 1.807) is 4.57 Å². The predicted octanol–water partition coefficient (Wildman–Crippen LogP) is 3.62. The van der Waals surface area contributed by atoms with Crippen LogP contribution in [0.25, 0.3) is 0 Å². The van der Waals surface area contributed by atoms with Crippen LogP contribution in [0.3, 0.4) is 0 Å². The molecule has 2 rings (SSSR count). The molecule has 72 valence electrons. The van der Waals surface area contributed by atoms with Crippen molar-refractivity contribution in [3.8, 4) is 0 Å². The summed E-state index contributed by atoms with van der Waals surface area (Å²) < 4.78 is 0.732. The van der Waals surface area contributed by atoms with E-state index in [-0.39, 0.29) is 0 Å². The molecule has 0 fully saturated rings. The number of hydrogen-bond donors (Lipinski definition) is 0. The normalized spacial score (nSPS) is 11.6. The summed E-state index contributed by atoms with van der Waals surface area (Å²) in [6, 6.07) is 13.4. The fourth-order valence-electron chi connectivity index (χ4n) is 1.31. The lowest BCUT2D eigenvalue weighted by Gasteiger charge is -2.21. The van der Waals surface area contributed by atoms with Crippen LogP contribution in [-0.4, -0.2) is 4.57 Å². The van der Waals surface area contributed by atoms with Crippen molar-refractivity contribution in [1.82, 2.24) is 4.57 Å². The van der Waals surface area contributed by atoms with E-state index in [0.29, 0.717) is 0 Å². The molecule has 0 spiro atoms. The average Bonchev–Trinajstić information content (AvgIpc) is 2.72. The van der Waals surface area contributed by atoms with E-state index in [2.05, 4.69) is 0 Å². The van der Waals surface area contributed by atoms with Crippen molar-refractivity contribution in [2.45, 2.75) is 4.46 Å². The lowest BCUT2D eigenvalue weighted by atomic mass is 10.2. The SMILES string of the molecule is ClC(Cl)(c1ccccc1)n1cccc1. The molecule has 1 aromatic carbocycles. The second-order valence-electron chi connectivity index (χ2n) is 3.00. The van der Waals surface area contributed by atoms with Gasteiger partial charge >= 0.3 is 0 Å². The van der Waals surface area contributed by atoms with Crippen molar-refractivity contribution in [3.05, 3.63) is 60.4 Å². The topological polar surface area (TPSA) is 4.93 Å². The molecule has 1 nitrogen and oxygen atoms in total. The maximum absolute atomic E-state index is 6.26. The quantitative estimate of drug-likeness (QED) is 0.689. The number of halogens is 2. The summed E-state index contributed by atoms with van der Waals surface area (Å²) in [5.74, 6) is 0. The molecular formula is C11H9Cl2N. The second-order valence-corrected chi connectivity index (χ2v) is 4.29. The number of hydrogen-bond acceptors (Lipinski definition) is 0. The Kier molecular flexibility index (Phi) is 2.53. The van der Waals surface area contributed by atoms with E-state index in [1.807, 2.05) is 54.9 Å². The van der Waals surface area contributed by atoms with Gasteiger partial charge in [0.1, 0.15) is 0 Å². The molecule has 3 heteroatoms. The third-order valence-electron chi connectivity index (χ3n) is 2.05. The highest BCUT2D eigenvalue weighted by molar-refractivity contribution is 6.47. The molecule has 0 aliphatic heterocycles. The standard InChI is InChI=1S/C11H9Cl2N/c12-11(13,14-8-4-5-9-14)10-6-2-1-3-7-10/h1-9H. The highest BCUT2D eigenvalue weighted by Crippen LogP contribution is 2.35. The van der Waals surface area contributed by atoms with Gasteiger partial charge in [-0.3, -0.25) is 0 Å². The monoisotopic (exact) mass is 225 g/mol. The van der Waals surface area contributed by atoms with Gasteiger partial charge in [-0.1, -0.05) is 53.5 Å².